The maximum Gasteiger partial charge on any atom is 0.450 e. The number of hydrogen-bond donors (Lipinski definition) is 2. The molecular formula is C26H23F3O5. The van der Waals surface area contributed by atoms with Crippen LogP contribution < -0.4 is 0 Å². The van der Waals surface area contributed by atoms with E-state index in [1.807, 2.05) is 18.2 Å². The van der Waals surface area contributed by atoms with E-state index in [0.717, 1.165) is 23.8 Å². The van der Waals surface area contributed by atoms with Gasteiger partial charge in [-0.05, 0) is 35.6 Å². The number of Topliss-reactive ketones (excluding diaryl/α,β-unsaturated/α-hetero) is 1. The summed E-state index contributed by atoms with van der Waals surface area (Å²) in [4.78, 5) is 24.7. The first-order valence-electron chi connectivity index (χ1n) is 10.6. The standard InChI is InChI=1S/C26H23F3O5/c27-26(28,29)23(32)14-17-9-5-2-1-3-8-12-22(18-10-6-4-7-11-18)34-25(33)24-19(13-17)15-20(30)16-21(24)31/h3-11,13,15-16,22,30-31H,1-2,12,14H2/t22-/m1/s1. The third-order valence-electron chi connectivity index (χ3n) is 5.13. The lowest BCUT2D eigenvalue weighted by Gasteiger charge is -2.19. The highest BCUT2D eigenvalue weighted by molar-refractivity contribution is 5.98. The van der Waals surface area contributed by atoms with Crippen LogP contribution in [0.3, 0.4) is 0 Å². The van der Waals surface area contributed by atoms with Crippen LogP contribution in [0.15, 0.2) is 72.3 Å². The normalized spacial score (nSPS) is 17.3. The molecule has 0 saturated heterocycles. The van der Waals surface area contributed by atoms with Crippen molar-refractivity contribution in [1.29, 1.82) is 0 Å². The van der Waals surface area contributed by atoms with E-state index in [2.05, 4.69) is 0 Å². The number of phenolic OH excluding ortho intramolecular Hbond substituents is 2. The van der Waals surface area contributed by atoms with Crippen molar-refractivity contribution in [1.82, 2.24) is 0 Å². The first-order valence-corrected chi connectivity index (χ1v) is 10.6. The van der Waals surface area contributed by atoms with Gasteiger partial charge in [0.15, 0.2) is 0 Å². The number of halogens is 3. The monoisotopic (exact) mass is 472 g/mol. The van der Waals surface area contributed by atoms with Crippen LogP contribution in [0.25, 0.3) is 6.08 Å². The number of cyclic esters (lactones) is 1. The maximum atomic E-state index is 13.1. The minimum atomic E-state index is -5.03. The molecular weight excluding hydrogens is 449 g/mol. The number of alkyl halides is 3. The third kappa shape index (κ3) is 6.60. The van der Waals surface area contributed by atoms with Gasteiger partial charge in [-0.15, -0.1) is 0 Å². The number of esters is 1. The molecule has 0 amide bonds. The third-order valence-corrected chi connectivity index (χ3v) is 5.13. The van der Waals surface area contributed by atoms with E-state index in [0.29, 0.717) is 19.3 Å². The topological polar surface area (TPSA) is 83.8 Å². The molecule has 2 aromatic rings. The predicted octanol–water partition coefficient (Wildman–Crippen LogP) is 6.20. The van der Waals surface area contributed by atoms with Crippen molar-refractivity contribution in [3.05, 3.63) is 89.0 Å². The van der Waals surface area contributed by atoms with Crippen molar-refractivity contribution in [2.75, 3.05) is 0 Å². The minimum Gasteiger partial charge on any atom is -0.508 e. The molecule has 1 atom stereocenters. The van der Waals surface area contributed by atoms with Crippen LogP contribution in [-0.2, 0) is 9.53 Å². The summed E-state index contributed by atoms with van der Waals surface area (Å²) in [6, 6.07) is 11.0. The summed E-state index contributed by atoms with van der Waals surface area (Å²) in [5.74, 6) is -3.89. The van der Waals surface area contributed by atoms with E-state index in [4.69, 9.17) is 4.74 Å². The molecule has 0 saturated carbocycles. The number of ketones is 1. The average Bonchev–Trinajstić information content (AvgIpc) is 2.76. The fourth-order valence-corrected chi connectivity index (χ4v) is 3.49. The molecule has 0 unspecified atom stereocenters. The van der Waals surface area contributed by atoms with E-state index < -0.39 is 42.0 Å². The molecule has 2 N–H and O–H groups in total. The quantitative estimate of drug-likeness (QED) is 0.411. The number of phenols is 2. The Labute approximate surface area is 194 Å². The Morgan fingerprint density at radius 2 is 1.74 bits per heavy atom. The Morgan fingerprint density at radius 3 is 2.44 bits per heavy atom. The number of allylic oxidation sites excluding steroid dienone is 4. The molecule has 5 nitrogen and oxygen atoms in total. The van der Waals surface area contributed by atoms with E-state index in [1.54, 1.807) is 30.3 Å². The summed E-state index contributed by atoms with van der Waals surface area (Å²) < 4.78 is 44.3. The predicted molar refractivity (Wildman–Crippen MR) is 120 cm³/mol. The molecule has 0 spiro atoms. The van der Waals surface area contributed by atoms with Crippen molar-refractivity contribution in [3.8, 4) is 11.5 Å². The summed E-state index contributed by atoms with van der Waals surface area (Å²) >= 11 is 0. The summed E-state index contributed by atoms with van der Waals surface area (Å²) in [6.07, 6.45) is 2.65. The highest BCUT2D eigenvalue weighted by Crippen LogP contribution is 2.33. The Kier molecular flexibility index (Phi) is 7.94. The van der Waals surface area contributed by atoms with E-state index in [9.17, 15) is 33.0 Å². The second kappa shape index (κ2) is 10.9. The fourth-order valence-electron chi connectivity index (χ4n) is 3.49. The van der Waals surface area contributed by atoms with E-state index in [-0.39, 0.29) is 16.7 Å². The van der Waals surface area contributed by atoms with Gasteiger partial charge in [0.05, 0.1) is 0 Å². The lowest BCUT2D eigenvalue weighted by atomic mass is 9.99. The van der Waals surface area contributed by atoms with Crippen LogP contribution in [0.5, 0.6) is 11.5 Å². The van der Waals surface area contributed by atoms with Gasteiger partial charge in [-0.1, -0.05) is 60.7 Å². The molecule has 0 radical (unpaired) electrons. The van der Waals surface area contributed by atoms with Gasteiger partial charge in [0.2, 0.25) is 5.78 Å². The number of aromatic hydroxyl groups is 2. The largest absolute Gasteiger partial charge is 0.508 e. The molecule has 0 aromatic heterocycles. The van der Waals surface area contributed by atoms with Crippen LogP contribution in [0.1, 0.15) is 53.3 Å². The van der Waals surface area contributed by atoms with Gasteiger partial charge in [-0.2, -0.15) is 13.2 Å². The van der Waals surface area contributed by atoms with Crippen molar-refractivity contribution in [2.45, 2.75) is 38.0 Å². The average molecular weight is 472 g/mol. The second-order valence-electron chi connectivity index (χ2n) is 7.74. The molecule has 0 aliphatic carbocycles. The summed E-state index contributed by atoms with van der Waals surface area (Å²) in [5.41, 5.74) is 0.281. The molecule has 178 valence electrons. The fraction of sp³-hybridized carbons (Fsp3) is 0.231. The van der Waals surface area contributed by atoms with Gasteiger partial charge in [0.1, 0.15) is 23.2 Å². The summed E-state index contributed by atoms with van der Waals surface area (Å²) in [6.45, 7) is 0. The molecule has 1 heterocycles. The van der Waals surface area contributed by atoms with Gasteiger partial charge in [-0.25, -0.2) is 4.79 Å². The Morgan fingerprint density at radius 1 is 1.03 bits per heavy atom. The number of carbonyl (C=O) groups excluding carboxylic acids is 2. The minimum absolute atomic E-state index is 0.0398. The molecule has 34 heavy (non-hydrogen) atoms. The highest BCUT2D eigenvalue weighted by Gasteiger charge is 2.38. The van der Waals surface area contributed by atoms with Crippen molar-refractivity contribution in [2.24, 2.45) is 0 Å². The molecule has 1 aliphatic rings. The van der Waals surface area contributed by atoms with Gasteiger partial charge in [-0.3, -0.25) is 4.79 Å². The Hall–Kier alpha value is -3.81. The molecule has 3 rings (SSSR count). The number of carbonyl (C=O) groups is 2. The van der Waals surface area contributed by atoms with E-state index >= 15 is 0 Å². The SMILES string of the molecule is O=C1O[C@@H](c2ccccc2)CC=CCCC=CC(CC(=O)C(F)(F)F)=Cc2cc(O)cc(O)c21. The summed E-state index contributed by atoms with van der Waals surface area (Å²) in [7, 11) is 0. The first kappa shape index (κ1) is 24.8. The number of hydrogen-bond acceptors (Lipinski definition) is 5. The van der Waals surface area contributed by atoms with Gasteiger partial charge >= 0.3 is 12.1 Å². The number of rotatable bonds is 3. The Bertz CT molecular complexity index is 1130. The summed E-state index contributed by atoms with van der Waals surface area (Å²) in [5, 5.41) is 20.3. The lowest BCUT2D eigenvalue weighted by molar-refractivity contribution is -0.170. The molecule has 2 aromatic carbocycles. The van der Waals surface area contributed by atoms with Gasteiger partial charge in [0.25, 0.3) is 0 Å². The van der Waals surface area contributed by atoms with Crippen LogP contribution in [-0.4, -0.2) is 28.1 Å². The first-order chi connectivity index (χ1) is 16.1. The van der Waals surface area contributed by atoms with E-state index in [1.165, 1.54) is 6.08 Å². The van der Waals surface area contributed by atoms with Crippen LogP contribution >= 0.6 is 0 Å². The maximum absolute atomic E-state index is 13.1. The number of fused-ring (bicyclic) bond motifs is 1. The lowest BCUT2D eigenvalue weighted by Crippen LogP contribution is -2.22. The Balaban J connectivity index is 2.09. The zero-order valence-corrected chi connectivity index (χ0v) is 18.1. The van der Waals surface area contributed by atoms with Gasteiger partial charge in [0, 0.05) is 18.9 Å². The molecule has 0 fully saturated rings. The van der Waals surface area contributed by atoms with Crippen molar-refractivity contribution >= 4 is 17.8 Å². The number of benzene rings is 2. The zero-order chi connectivity index (χ0) is 24.7. The van der Waals surface area contributed by atoms with Crippen LogP contribution in [0.2, 0.25) is 0 Å². The molecule has 0 bridgehead atoms. The van der Waals surface area contributed by atoms with Crippen LogP contribution in [0.4, 0.5) is 13.2 Å². The molecule has 1 aliphatic heterocycles. The van der Waals surface area contributed by atoms with Gasteiger partial charge < -0.3 is 14.9 Å². The van der Waals surface area contributed by atoms with Crippen LogP contribution in [0, 0.1) is 0 Å². The smallest absolute Gasteiger partial charge is 0.450 e. The molecule has 8 heteroatoms. The highest BCUT2D eigenvalue weighted by atomic mass is 19.4. The van der Waals surface area contributed by atoms with Crippen molar-refractivity contribution < 1.29 is 37.7 Å². The second-order valence-corrected chi connectivity index (χ2v) is 7.74. The van der Waals surface area contributed by atoms with Crippen molar-refractivity contribution in [3.63, 3.8) is 0 Å². The number of ether oxygens (including phenoxy) is 1. The zero-order valence-electron chi connectivity index (χ0n) is 18.1.